The van der Waals surface area contributed by atoms with E-state index in [1.54, 1.807) is 0 Å². The average molecular weight is 482 g/mol. The summed E-state index contributed by atoms with van der Waals surface area (Å²) in [5.74, 6) is 0. The van der Waals surface area contributed by atoms with E-state index in [1.807, 2.05) is 36.1 Å². The van der Waals surface area contributed by atoms with E-state index in [-0.39, 0.29) is 6.54 Å². The molecule has 9 heteroatoms. The van der Waals surface area contributed by atoms with E-state index in [9.17, 15) is 18.3 Å². The van der Waals surface area contributed by atoms with Gasteiger partial charge in [0.25, 0.3) is 0 Å². The van der Waals surface area contributed by atoms with Crippen molar-refractivity contribution < 1.29 is 23.0 Å². The summed E-state index contributed by atoms with van der Waals surface area (Å²) in [6.45, 7) is 8.60. The highest BCUT2D eigenvalue weighted by molar-refractivity contribution is 7.99. The first-order valence-electron chi connectivity index (χ1n) is 11.3. The molecule has 1 saturated heterocycles. The van der Waals surface area contributed by atoms with Crippen LogP contribution in [0.15, 0.2) is 52.3 Å². The quantitative estimate of drug-likeness (QED) is 0.566. The highest BCUT2D eigenvalue weighted by Gasteiger charge is 2.34. The Labute approximate surface area is 197 Å². The van der Waals surface area contributed by atoms with Gasteiger partial charge in [0.2, 0.25) is 0 Å². The maximum atomic E-state index is 13.4. The van der Waals surface area contributed by atoms with Gasteiger partial charge < -0.3 is 14.7 Å². The van der Waals surface area contributed by atoms with E-state index in [0.29, 0.717) is 12.2 Å². The molecule has 0 bridgehead atoms. The Kier molecular flexibility index (Phi) is 7.86. The van der Waals surface area contributed by atoms with E-state index >= 15 is 0 Å². The van der Waals surface area contributed by atoms with Crippen molar-refractivity contribution in [2.24, 2.45) is 0 Å². The third kappa shape index (κ3) is 6.02. The zero-order valence-electron chi connectivity index (χ0n) is 18.7. The normalized spacial score (nSPS) is 18.2. The van der Waals surface area contributed by atoms with Crippen LogP contribution >= 0.6 is 11.8 Å². The molecular formula is C24H30F3N3O2S. The predicted octanol–water partition coefficient (Wildman–Crippen LogP) is 4.32. The largest absolute Gasteiger partial charge is 0.416 e. The molecule has 33 heavy (non-hydrogen) atoms. The summed E-state index contributed by atoms with van der Waals surface area (Å²) >= 11 is 1.46. The summed E-state index contributed by atoms with van der Waals surface area (Å²) < 4.78 is 45.6. The minimum Gasteiger partial charge on any atom is -0.390 e. The smallest absolute Gasteiger partial charge is 0.390 e. The van der Waals surface area contributed by atoms with Crippen molar-refractivity contribution in [2.75, 3.05) is 63.9 Å². The fourth-order valence-corrected chi connectivity index (χ4v) is 5.38. The van der Waals surface area contributed by atoms with Crippen molar-refractivity contribution in [2.45, 2.75) is 29.0 Å². The van der Waals surface area contributed by atoms with Crippen LogP contribution < -0.4 is 4.90 Å². The van der Waals surface area contributed by atoms with Crippen molar-refractivity contribution in [3.05, 3.63) is 48.0 Å². The molecular weight excluding hydrogens is 451 g/mol. The van der Waals surface area contributed by atoms with Gasteiger partial charge in [0.1, 0.15) is 0 Å². The number of piperazine rings is 1. The molecule has 0 aromatic heterocycles. The summed E-state index contributed by atoms with van der Waals surface area (Å²) in [7, 11) is 0. The van der Waals surface area contributed by atoms with Gasteiger partial charge >= 0.3 is 6.18 Å². The number of rotatable bonds is 8. The molecule has 2 aliphatic heterocycles. The molecule has 2 aromatic rings. The Hall–Kier alpha value is -1.78. The first kappa shape index (κ1) is 24.3. The lowest BCUT2D eigenvalue weighted by Crippen LogP contribution is -2.50. The summed E-state index contributed by atoms with van der Waals surface area (Å²) in [5.41, 5.74) is 0.645. The van der Waals surface area contributed by atoms with Crippen LogP contribution in [-0.4, -0.2) is 80.0 Å². The lowest BCUT2D eigenvalue weighted by molar-refractivity contribution is -0.137. The zero-order valence-corrected chi connectivity index (χ0v) is 19.5. The second-order valence-electron chi connectivity index (χ2n) is 8.35. The Balaban J connectivity index is 1.44. The number of aliphatic hydroxyl groups excluding tert-OH is 1. The van der Waals surface area contributed by atoms with Gasteiger partial charge in [-0.3, -0.25) is 9.80 Å². The van der Waals surface area contributed by atoms with Crippen LogP contribution in [0.4, 0.5) is 24.5 Å². The standard InChI is InChI=1S/C24H30F3N3O2S/c1-2-32-14-13-28-9-11-29(12-10-28)16-19(31)17-30-20-5-3-4-6-22(20)33-23-8-7-18(15-21(23)30)24(25,26)27/h3-8,15,19,31H,2,9-14,16-17H2,1H3. The maximum absolute atomic E-state index is 13.4. The molecule has 2 aromatic carbocycles. The van der Waals surface area contributed by atoms with E-state index in [1.165, 1.54) is 23.9 Å². The van der Waals surface area contributed by atoms with Crippen LogP contribution in [-0.2, 0) is 10.9 Å². The second-order valence-corrected chi connectivity index (χ2v) is 9.44. The van der Waals surface area contributed by atoms with Crippen molar-refractivity contribution in [3.8, 4) is 0 Å². The van der Waals surface area contributed by atoms with Gasteiger partial charge in [-0.1, -0.05) is 23.9 Å². The minimum atomic E-state index is -4.41. The molecule has 0 saturated carbocycles. The van der Waals surface area contributed by atoms with Gasteiger partial charge in [-0.25, -0.2) is 0 Å². The molecule has 4 rings (SSSR count). The number of anilines is 2. The lowest BCUT2D eigenvalue weighted by atomic mass is 10.1. The van der Waals surface area contributed by atoms with Crippen molar-refractivity contribution in [1.29, 1.82) is 0 Å². The monoisotopic (exact) mass is 481 g/mol. The van der Waals surface area contributed by atoms with Crippen molar-refractivity contribution >= 4 is 23.1 Å². The molecule has 1 unspecified atom stereocenters. The summed E-state index contributed by atoms with van der Waals surface area (Å²) in [6, 6.07) is 11.5. The third-order valence-electron chi connectivity index (χ3n) is 6.04. The number of hydrogen-bond acceptors (Lipinski definition) is 6. The number of β-amino-alcohol motifs (C(OH)–C–C–N with tert-alkyl or cyclic N) is 1. The number of benzene rings is 2. The van der Waals surface area contributed by atoms with Gasteiger partial charge in [-0.15, -0.1) is 0 Å². The molecule has 1 atom stereocenters. The number of alkyl halides is 3. The molecule has 180 valence electrons. The zero-order chi connectivity index (χ0) is 23.4. The van der Waals surface area contributed by atoms with Crippen molar-refractivity contribution in [3.63, 3.8) is 0 Å². The molecule has 1 N–H and O–H groups in total. The number of ether oxygens (including phenoxy) is 1. The molecule has 0 radical (unpaired) electrons. The van der Waals surface area contributed by atoms with Gasteiger partial charge in [-0.2, -0.15) is 13.2 Å². The number of nitrogens with zero attached hydrogens (tertiary/aromatic N) is 3. The number of para-hydroxylation sites is 1. The molecule has 0 amide bonds. The molecule has 2 aliphatic rings. The molecule has 0 spiro atoms. The SMILES string of the molecule is CCOCCN1CCN(CC(O)CN2c3ccccc3Sc3ccc(C(F)(F)F)cc32)CC1. The highest BCUT2D eigenvalue weighted by atomic mass is 32.2. The number of halogens is 3. The second kappa shape index (κ2) is 10.7. The van der Waals surface area contributed by atoms with Gasteiger partial charge in [-0.05, 0) is 37.3 Å². The number of hydrogen-bond donors (Lipinski definition) is 1. The molecule has 1 fully saturated rings. The van der Waals surface area contributed by atoms with Crippen molar-refractivity contribution in [1.82, 2.24) is 9.80 Å². The Morgan fingerprint density at radius 3 is 2.39 bits per heavy atom. The van der Waals surface area contributed by atoms with Gasteiger partial charge in [0, 0.05) is 55.7 Å². The van der Waals surface area contributed by atoms with Crippen LogP contribution in [0.3, 0.4) is 0 Å². The topological polar surface area (TPSA) is 39.2 Å². The van der Waals surface area contributed by atoms with E-state index in [0.717, 1.165) is 67.5 Å². The Bertz CT molecular complexity index is 935. The average Bonchev–Trinajstić information content (AvgIpc) is 2.79. The predicted molar refractivity (Wildman–Crippen MR) is 124 cm³/mol. The van der Waals surface area contributed by atoms with Gasteiger partial charge in [0.05, 0.1) is 36.2 Å². The molecule has 5 nitrogen and oxygen atoms in total. The highest BCUT2D eigenvalue weighted by Crippen LogP contribution is 2.49. The van der Waals surface area contributed by atoms with E-state index in [4.69, 9.17) is 4.74 Å². The van der Waals surface area contributed by atoms with Crippen LogP contribution in [0.1, 0.15) is 12.5 Å². The van der Waals surface area contributed by atoms with Crippen LogP contribution in [0.5, 0.6) is 0 Å². The summed E-state index contributed by atoms with van der Waals surface area (Å²) in [6.07, 6.45) is -5.11. The summed E-state index contributed by atoms with van der Waals surface area (Å²) in [5, 5.41) is 10.9. The van der Waals surface area contributed by atoms with Crippen LogP contribution in [0.2, 0.25) is 0 Å². The lowest BCUT2D eigenvalue weighted by Gasteiger charge is -2.38. The first-order valence-corrected chi connectivity index (χ1v) is 12.1. The molecule has 0 aliphatic carbocycles. The van der Waals surface area contributed by atoms with Crippen LogP contribution in [0, 0.1) is 0 Å². The summed E-state index contributed by atoms with van der Waals surface area (Å²) in [4.78, 5) is 8.14. The van der Waals surface area contributed by atoms with E-state index in [2.05, 4.69) is 9.80 Å². The fraction of sp³-hybridized carbons (Fsp3) is 0.500. The maximum Gasteiger partial charge on any atom is 0.416 e. The number of aliphatic hydroxyl groups is 1. The first-order chi connectivity index (χ1) is 15.8. The Morgan fingerprint density at radius 1 is 0.970 bits per heavy atom. The fourth-order valence-electron chi connectivity index (χ4n) is 4.30. The molecule has 2 heterocycles. The Morgan fingerprint density at radius 2 is 1.67 bits per heavy atom. The minimum absolute atomic E-state index is 0.233. The van der Waals surface area contributed by atoms with E-state index < -0.39 is 17.8 Å². The third-order valence-corrected chi connectivity index (χ3v) is 7.17. The van der Waals surface area contributed by atoms with Crippen LogP contribution in [0.25, 0.3) is 0 Å². The number of fused-ring (bicyclic) bond motifs is 2. The van der Waals surface area contributed by atoms with Gasteiger partial charge in [0.15, 0.2) is 0 Å².